The summed E-state index contributed by atoms with van der Waals surface area (Å²) in [5.41, 5.74) is -3.16. The van der Waals surface area contributed by atoms with Crippen LogP contribution in [0.25, 0.3) is 0 Å². The van der Waals surface area contributed by atoms with Crippen molar-refractivity contribution in [1.29, 1.82) is 0 Å². The number of benzene rings is 2. The quantitative estimate of drug-likeness (QED) is 0.635. The average Bonchev–Trinajstić information content (AvgIpc) is 2.99. The molecule has 1 aliphatic rings. The van der Waals surface area contributed by atoms with Crippen LogP contribution in [0.4, 0.5) is 36.8 Å². The second-order valence-corrected chi connectivity index (χ2v) is 7.22. The lowest BCUT2D eigenvalue weighted by molar-refractivity contribution is -0.143. The molecule has 172 valence electrons. The molecule has 0 radical (unpaired) electrons. The Balaban J connectivity index is 1.71. The lowest BCUT2D eigenvalue weighted by atomic mass is 10.1. The summed E-state index contributed by atoms with van der Waals surface area (Å²) >= 11 is 0. The van der Waals surface area contributed by atoms with E-state index in [1.165, 1.54) is 4.90 Å². The van der Waals surface area contributed by atoms with Crippen molar-refractivity contribution in [1.82, 2.24) is 9.80 Å². The highest BCUT2D eigenvalue weighted by molar-refractivity contribution is 5.94. The molecule has 0 bridgehead atoms. The summed E-state index contributed by atoms with van der Waals surface area (Å²) in [4.78, 5) is 27.9. The van der Waals surface area contributed by atoms with Gasteiger partial charge in [-0.15, -0.1) is 0 Å². The van der Waals surface area contributed by atoms with Gasteiger partial charge >= 0.3 is 18.4 Å². The zero-order valence-electron chi connectivity index (χ0n) is 16.6. The molecule has 5 nitrogen and oxygen atoms in total. The molecule has 3 rings (SSSR count). The number of nitrogens with one attached hydrogen (secondary N) is 1. The lowest BCUT2D eigenvalue weighted by Gasteiger charge is -2.23. The van der Waals surface area contributed by atoms with Crippen LogP contribution in [0.3, 0.4) is 0 Å². The molecule has 1 heterocycles. The van der Waals surface area contributed by atoms with Gasteiger partial charge in [-0.25, -0.2) is 4.79 Å². The number of rotatable bonds is 2. The van der Waals surface area contributed by atoms with Gasteiger partial charge in [0.15, 0.2) is 0 Å². The van der Waals surface area contributed by atoms with Crippen LogP contribution in [-0.4, -0.2) is 47.9 Å². The molecular weight excluding hydrogens is 440 g/mol. The maximum Gasteiger partial charge on any atom is 0.416 e. The maximum absolute atomic E-state index is 13.0. The number of nitrogens with zero attached hydrogens (tertiary/aromatic N) is 2. The van der Waals surface area contributed by atoms with Crippen LogP contribution >= 0.6 is 0 Å². The van der Waals surface area contributed by atoms with E-state index in [0.717, 1.165) is 0 Å². The third-order valence-electron chi connectivity index (χ3n) is 4.93. The maximum atomic E-state index is 13.0. The van der Waals surface area contributed by atoms with Gasteiger partial charge in [0, 0.05) is 37.4 Å². The fourth-order valence-corrected chi connectivity index (χ4v) is 3.32. The molecule has 1 N–H and O–H groups in total. The van der Waals surface area contributed by atoms with Gasteiger partial charge in [-0.1, -0.05) is 18.2 Å². The van der Waals surface area contributed by atoms with Crippen molar-refractivity contribution in [2.75, 3.05) is 31.5 Å². The number of halogens is 6. The van der Waals surface area contributed by atoms with Crippen molar-refractivity contribution in [2.24, 2.45) is 0 Å². The molecule has 1 aliphatic heterocycles. The number of anilines is 1. The van der Waals surface area contributed by atoms with Crippen molar-refractivity contribution in [3.8, 4) is 0 Å². The third kappa shape index (κ3) is 5.71. The van der Waals surface area contributed by atoms with E-state index in [-0.39, 0.29) is 31.6 Å². The molecule has 32 heavy (non-hydrogen) atoms. The van der Waals surface area contributed by atoms with Crippen molar-refractivity contribution in [2.45, 2.75) is 18.8 Å². The molecule has 2 aromatic carbocycles. The monoisotopic (exact) mass is 459 g/mol. The Labute approximate surface area is 179 Å². The first-order chi connectivity index (χ1) is 14.9. The van der Waals surface area contributed by atoms with E-state index in [1.54, 1.807) is 35.2 Å². The van der Waals surface area contributed by atoms with Crippen molar-refractivity contribution < 1.29 is 35.9 Å². The fourth-order valence-electron chi connectivity index (χ4n) is 3.32. The number of urea groups is 1. The predicted molar refractivity (Wildman–Crippen MR) is 104 cm³/mol. The summed E-state index contributed by atoms with van der Waals surface area (Å²) < 4.78 is 78.1. The number of amides is 3. The van der Waals surface area contributed by atoms with Crippen LogP contribution in [0.5, 0.6) is 0 Å². The highest BCUT2D eigenvalue weighted by Gasteiger charge is 2.37. The van der Waals surface area contributed by atoms with Gasteiger partial charge in [0.2, 0.25) is 0 Å². The van der Waals surface area contributed by atoms with Crippen LogP contribution in [0, 0.1) is 0 Å². The van der Waals surface area contributed by atoms with Crippen molar-refractivity contribution >= 4 is 17.6 Å². The summed E-state index contributed by atoms with van der Waals surface area (Å²) in [7, 11) is 0. The summed E-state index contributed by atoms with van der Waals surface area (Å²) in [5, 5.41) is 2.12. The van der Waals surface area contributed by atoms with Crippen LogP contribution in [-0.2, 0) is 12.4 Å². The van der Waals surface area contributed by atoms with E-state index in [4.69, 9.17) is 0 Å². The molecule has 0 saturated carbocycles. The second-order valence-electron chi connectivity index (χ2n) is 7.22. The van der Waals surface area contributed by atoms with Gasteiger partial charge in [-0.2, -0.15) is 26.3 Å². The van der Waals surface area contributed by atoms with Gasteiger partial charge < -0.3 is 15.1 Å². The Kier molecular flexibility index (Phi) is 6.65. The van der Waals surface area contributed by atoms with Gasteiger partial charge in [0.1, 0.15) is 0 Å². The van der Waals surface area contributed by atoms with Crippen LogP contribution in [0.1, 0.15) is 27.9 Å². The Bertz CT molecular complexity index is 943. The Morgan fingerprint density at radius 1 is 0.750 bits per heavy atom. The molecule has 0 spiro atoms. The SMILES string of the molecule is O=C(Nc1cc(C(F)(F)F)cc(C(F)(F)F)c1)N1CCCN(C(=O)c2ccccc2)CC1. The minimum atomic E-state index is -5.01. The fraction of sp³-hybridized carbons (Fsp3) is 0.333. The number of hydrogen-bond acceptors (Lipinski definition) is 2. The highest BCUT2D eigenvalue weighted by atomic mass is 19.4. The molecule has 0 aromatic heterocycles. The first-order valence-electron chi connectivity index (χ1n) is 9.65. The normalized spacial score (nSPS) is 15.3. The molecule has 0 atom stereocenters. The van der Waals surface area contributed by atoms with Crippen LogP contribution in [0.15, 0.2) is 48.5 Å². The zero-order chi connectivity index (χ0) is 23.5. The van der Waals surface area contributed by atoms with Crippen LogP contribution < -0.4 is 5.32 Å². The minimum absolute atomic E-state index is 0.00530. The number of carbonyl (C=O) groups excluding carboxylic acids is 2. The van der Waals surface area contributed by atoms with Gasteiger partial charge in [0.05, 0.1) is 11.1 Å². The predicted octanol–water partition coefficient (Wildman–Crippen LogP) is 5.10. The van der Waals surface area contributed by atoms with Gasteiger partial charge in [0.25, 0.3) is 5.91 Å². The molecule has 0 unspecified atom stereocenters. The first kappa shape index (κ1) is 23.4. The van der Waals surface area contributed by atoms with Gasteiger partial charge in [-0.3, -0.25) is 4.79 Å². The molecule has 3 amide bonds. The molecule has 0 aliphatic carbocycles. The van der Waals surface area contributed by atoms with Crippen molar-refractivity contribution in [3.63, 3.8) is 0 Å². The van der Waals surface area contributed by atoms with E-state index >= 15 is 0 Å². The van der Waals surface area contributed by atoms with E-state index in [1.807, 2.05) is 0 Å². The first-order valence-corrected chi connectivity index (χ1v) is 9.65. The summed E-state index contributed by atoms with van der Waals surface area (Å²) in [5.74, 6) is -0.222. The largest absolute Gasteiger partial charge is 0.416 e. The number of hydrogen-bond donors (Lipinski definition) is 1. The van der Waals surface area contributed by atoms with Crippen molar-refractivity contribution in [3.05, 3.63) is 65.2 Å². The zero-order valence-corrected chi connectivity index (χ0v) is 16.6. The van der Waals surface area contributed by atoms with E-state index in [9.17, 15) is 35.9 Å². The van der Waals surface area contributed by atoms with E-state index in [0.29, 0.717) is 30.7 Å². The van der Waals surface area contributed by atoms with Gasteiger partial charge in [-0.05, 0) is 36.8 Å². The smallest absolute Gasteiger partial charge is 0.337 e. The lowest BCUT2D eigenvalue weighted by Crippen LogP contribution is -2.39. The second kappa shape index (κ2) is 9.09. The summed E-state index contributed by atoms with van der Waals surface area (Å²) in [6.07, 6.45) is -9.62. The molecular formula is C21H19F6N3O2. The van der Waals surface area contributed by atoms with E-state index in [2.05, 4.69) is 5.32 Å². The Morgan fingerprint density at radius 3 is 1.84 bits per heavy atom. The molecule has 1 saturated heterocycles. The minimum Gasteiger partial charge on any atom is -0.337 e. The highest BCUT2D eigenvalue weighted by Crippen LogP contribution is 2.37. The number of carbonyl (C=O) groups is 2. The third-order valence-corrected chi connectivity index (χ3v) is 4.93. The molecule has 11 heteroatoms. The topological polar surface area (TPSA) is 52.7 Å². The molecule has 2 aromatic rings. The Hall–Kier alpha value is -3.24. The standard InChI is InChI=1S/C21H19F6N3O2/c22-20(23,24)15-11-16(21(25,26)27)13-17(12-15)28-19(32)30-8-4-7-29(9-10-30)18(31)14-5-2-1-3-6-14/h1-3,5-6,11-13H,4,7-10H2,(H,28,32). The average molecular weight is 459 g/mol. The van der Waals surface area contributed by atoms with E-state index < -0.39 is 35.2 Å². The molecule has 1 fully saturated rings. The summed E-state index contributed by atoms with van der Waals surface area (Å²) in [6, 6.07) is 8.58. The van der Waals surface area contributed by atoms with Crippen LogP contribution in [0.2, 0.25) is 0 Å². The Morgan fingerprint density at radius 2 is 1.28 bits per heavy atom. The number of alkyl halides is 6. The summed E-state index contributed by atoms with van der Waals surface area (Å²) in [6.45, 7) is 0.807.